The highest BCUT2D eigenvalue weighted by Crippen LogP contribution is 2.38. The average molecular weight is 282 g/mol. The molecule has 1 aliphatic heterocycles. The maximum Gasteiger partial charge on any atom is 0.0931 e. The minimum atomic E-state index is -0.524. The van der Waals surface area contributed by atoms with Crippen LogP contribution in [0.4, 0.5) is 0 Å². The van der Waals surface area contributed by atoms with E-state index in [0.717, 1.165) is 38.1 Å². The summed E-state index contributed by atoms with van der Waals surface area (Å²) in [5.41, 5.74) is 0.900. The van der Waals surface area contributed by atoms with E-state index in [1.807, 2.05) is 24.3 Å². The van der Waals surface area contributed by atoms with Gasteiger partial charge in [0.2, 0.25) is 0 Å². The first-order valence-corrected chi connectivity index (χ1v) is 7.35. The predicted octanol–water partition coefficient (Wildman–Crippen LogP) is 2.63. The van der Waals surface area contributed by atoms with Crippen molar-refractivity contribution in [2.24, 2.45) is 0 Å². The van der Waals surface area contributed by atoms with E-state index in [1.54, 1.807) is 0 Å². The van der Waals surface area contributed by atoms with Crippen LogP contribution in [0.15, 0.2) is 24.3 Å². The Morgan fingerprint density at radius 3 is 2.84 bits per heavy atom. The fourth-order valence-corrected chi connectivity index (χ4v) is 3.30. The maximum absolute atomic E-state index is 10.3. The predicted molar refractivity (Wildman–Crippen MR) is 75.4 cm³/mol. The third-order valence-corrected chi connectivity index (χ3v) is 4.63. The second-order valence-electron chi connectivity index (χ2n) is 5.66. The molecular weight excluding hydrogens is 262 g/mol. The highest BCUT2D eigenvalue weighted by atomic mass is 35.5. The molecule has 1 atom stereocenters. The molecule has 104 valence electrons. The van der Waals surface area contributed by atoms with Gasteiger partial charge in [-0.25, -0.2) is 0 Å². The molecule has 1 heterocycles. The third-order valence-electron chi connectivity index (χ3n) is 4.29. The van der Waals surface area contributed by atoms with Crippen molar-refractivity contribution >= 4 is 11.6 Å². The van der Waals surface area contributed by atoms with Gasteiger partial charge in [-0.05, 0) is 25.3 Å². The lowest BCUT2D eigenvalue weighted by molar-refractivity contribution is -0.155. The number of aliphatic hydroxyl groups excluding tert-OH is 1. The number of benzene rings is 1. The summed E-state index contributed by atoms with van der Waals surface area (Å²) in [6.45, 7) is 3.24. The molecule has 19 heavy (non-hydrogen) atoms. The van der Waals surface area contributed by atoms with Crippen molar-refractivity contribution < 1.29 is 9.84 Å². The average Bonchev–Trinajstić information content (AvgIpc) is 2.37. The van der Waals surface area contributed by atoms with Gasteiger partial charge < -0.3 is 9.84 Å². The fourth-order valence-electron chi connectivity index (χ4n) is 3.04. The van der Waals surface area contributed by atoms with Gasteiger partial charge in [0.25, 0.3) is 0 Å². The summed E-state index contributed by atoms with van der Waals surface area (Å²) in [6.07, 6.45) is 3.06. The summed E-state index contributed by atoms with van der Waals surface area (Å²) in [5, 5.41) is 11.0. The van der Waals surface area contributed by atoms with E-state index in [4.69, 9.17) is 16.3 Å². The van der Waals surface area contributed by atoms with Gasteiger partial charge in [-0.1, -0.05) is 29.8 Å². The molecule has 0 amide bonds. The summed E-state index contributed by atoms with van der Waals surface area (Å²) in [4.78, 5) is 2.30. The Kier molecular flexibility index (Phi) is 3.81. The number of rotatable bonds is 3. The van der Waals surface area contributed by atoms with E-state index in [9.17, 15) is 5.11 Å². The number of ether oxygens (including phenoxy) is 1. The Morgan fingerprint density at radius 1 is 1.37 bits per heavy atom. The van der Waals surface area contributed by atoms with Crippen molar-refractivity contribution in [3.8, 4) is 0 Å². The zero-order valence-electron chi connectivity index (χ0n) is 11.0. The van der Waals surface area contributed by atoms with Crippen molar-refractivity contribution in [3.63, 3.8) is 0 Å². The van der Waals surface area contributed by atoms with Crippen LogP contribution in [-0.2, 0) is 4.74 Å². The molecule has 1 N–H and O–H groups in total. The lowest BCUT2D eigenvalue weighted by Crippen LogP contribution is -2.56. The van der Waals surface area contributed by atoms with Crippen molar-refractivity contribution in [1.82, 2.24) is 4.90 Å². The molecular formula is C15H20ClNO2. The molecule has 1 saturated carbocycles. The van der Waals surface area contributed by atoms with Crippen molar-refractivity contribution in [1.29, 1.82) is 0 Å². The van der Waals surface area contributed by atoms with Crippen molar-refractivity contribution in [3.05, 3.63) is 34.9 Å². The van der Waals surface area contributed by atoms with Crippen LogP contribution in [0.3, 0.4) is 0 Å². The van der Waals surface area contributed by atoms with Gasteiger partial charge in [0, 0.05) is 30.2 Å². The van der Waals surface area contributed by atoms with Crippen LogP contribution in [0, 0.1) is 0 Å². The molecule has 0 bridgehead atoms. The number of nitrogens with zero attached hydrogens (tertiary/aromatic N) is 1. The molecule has 0 radical (unpaired) electrons. The number of β-amino-alcohol motifs (C(OH)–C–C–N with tert-alkyl or cyclic N) is 1. The van der Waals surface area contributed by atoms with Crippen LogP contribution in [0.2, 0.25) is 5.02 Å². The second-order valence-corrected chi connectivity index (χ2v) is 6.06. The van der Waals surface area contributed by atoms with Gasteiger partial charge in [0.15, 0.2) is 0 Å². The summed E-state index contributed by atoms with van der Waals surface area (Å²) >= 11 is 6.13. The smallest absolute Gasteiger partial charge is 0.0931 e. The SMILES string of the molecule is OC(CN1CCOC2(CCC2)C1)c1ccccc1Cl. The first-order chi connectivity index (χ1) is 9.19. The highest BCUT2D eigenvalue weighted by molar-refractivity contribution is 6.31. The molecule has 1 aromatic rings. The Morgan fingerprint density at radius 2 is 2.16 bits per heavy atom. The quantitative estimate of drug-likeness (QED) is 0.924. The van der Waals surface area contributed by atoms with Gasteiger partial charge in [0.1, 0.15) is 0 Å². The Balaban J connectivity index is 1.63. The number of hydrogen-bond donors (Lipinski definition) is 1. The largest absolute Gasteiger partial charge is 0.387 e. The molecule has 3 nitrogen and oxygen atoms in total. The molecule has 1 aliphatic carbocycles. The molecule has 0 aromatic heterocycles. The van der Waals surface area contributed by atoms with Crippen LogP contribution < -0.4 is 0 Å². The maximum atomic E-state index is 10.3. The van der Waals surface area contributed by atoms with Gasteiger partial charge in [0.05, 0.1) is 18.3 Å². The molecule has 4 heteroatoms. The molecule has 3 rings (SSSR count). The summed E-state index contributed by atoms with van der Waals surface area (Å²) < 4.78 is 5.89. The van der Waals surface area contributed by atoms with Gasteiger partial charge in [-0.15, -0.1) is 0 Å². The van der Waals surface area contributed by atoms with Crippen molar-refractivity contribution in [2.45, 2.75) is 31.0 Å². The number of hydrogen-bond acceptors (Lipinski definition) is 3. The monoisotopic (exact) mass is 281 g/mol. The Bertz CT molecular complexity index is 448. The normalized spacial score (nSPS) is 24.1. The third kappa shape index (κ3) is 2.79. The minimum Gasteiger partial charge on any atom is -0.387 e. The summed E-state index contributed by atoms with van der Waals surface area (Å²) in [7, 11) is 0. The summed E-state index contributed by atoms with van der Waals surface area (Å²) in [5.74, 6) is 0. The van der Waals surface area contributed by atoms with Crippen LogP contribution in [-0.4, -0.2) is 41.8 Å². The van der Waals surface area contributed by atoms with Gasteiger partial charge in [-0.2, -0.15) is 0 Å². The molecule has 1 saturated heterocycles. The number of morpholine rings is 1. The Labute approximate surface area is 119 Å². The first-order valence-electron chi connectivity index (χ1n) is 6.97. The molecule has 1 spiro atoms. The fraction of sp³-hybridized carbons (Fsp3) is 0.600. The first kappa shape index (κ1) is 13.4. The van der Waals surface area contributed by atoms with E-state index in [1.165, 1.54) is 6.42 Å². The molecule has 1 aromatic carbocycles. The van der Waals surface area contributed by atoms with Crippen LogP contribution in [0.25, 0.3) is 0 Å². The van der Waals surface area contributed by atoms with Crippen LogP contribution >= 0.6 is 11.6 Å². The molecule has 1 unspecified atom stereocenters. The zero-order valence-corrected chi connectivity index (χ0v) is 11.8. The Hall–Kier alpha value is -0.610. The lowest BCUT2D eigenvalue weighted by atomic mass is 9.79. The van der Waals surface area contributed by atoms with Crippen LogP contribution in [0.1, 0.15) is 30.9 Å². The second kappa shape index (κ2) is 5.41. The van der Waals surface area contributed by atoms with Crippen molar-refractivity contribution in [2.75, 3.05) is 26.2 Å². The minimum absolute atomic E-state index is 0.0818. The molecule has 2 fully saturated rings. The van der Waals surface area contributed by atoms with E-state index in [0.29, 0.717) is 11.6 Å². The topological polar surface area (TPSA) is 32.7 Å². The molecule has 2 aliphatic rings. The standard InChI is InChI=1S/C15H20ClNO2/c16-13-5-2-1-4-12(13)14(18)10-17-8-9-19-15(11-17)6-3-7-15/h1-2,4-5,14,18H,3,6-11H2. The highest BCUT2D eigenvalue weighted by Gasteiger charge is 2.42. The zero-order chi connectivity index (χ0) is 13.3. The van der Waals surface area contributed by atoms with Crippen LogP contribution in [0.5, 0.6) is 0 Å². The lowest BCUT2D eigenvalue weighted by Gasteiger charge is -2.48. The number of halogens is 1. The van der Waals surface area contributed by atoms with E-state index >= 15 is 0 Å². The van der Waals surface area contributed by atoms with Gasteiger partial charge in [-0.3, -0.25) is 4.90 Å². The van der Waals surface area contributed by atoms with E-state index < -0.39 is 6.10 Å². The number of aliphatic hydroxyl groups is 1. The van der Waals surface area contributed by atoms with E-state index in [-0.39, 0.29) is 5.60 Å². The van der Waals surface area contributed by atoms with Gasteiger partial charge >= 0.3 is 0 Å². The van der Waals surface area contributed by atoms with E-state index in [2.05, 4.69) is 4.90 Å². The summed E-state index contributed by atoms with van der Waals surface area (Å²) in [6, 6.07) is 7.52.